The van der Waals surface area contributed by atoms with Gasteiger partial charge in [0.05, 0.1) is 20.6 Å². The van der Waals surface area contributed by atoms with Gasteiger partial charge in [-0.25, -0.2) is 0 Å². The Hall–Kier alpha value is -0.120. The van der Waals surface area contributed by atoms with E-state index in [1.807, 2.05) is 14.1 Å². The summed E-state index contributed by atoms with van der Waals surface area (Å²) in [6.07, 6.45) is 0.671. The highest BCUT2D eigenvalue weighted by molar-refractivity contribution is 4.37. The zero-order valence-corrected chi connectivity index (χ0v) is 7.17. The number of nitrogens with zero attached hydrogens (tertiary/aromatic N) is 1. The minimum Gasteiger partial charge on any atom is -0.345 e. The second-order valence-electron chi connectivity index (χ2n) is 3.28. The minimum atomic E-state index is -0.299. The van der Waals surface area contributed by atoms with Crippen LogP contribution in [0.25, 0.3) is 0 Å². The van der Waals surface area contributed by atoms with Crippen molar-refractivity contribution in [2.75, 3.05) is 27.2 Å². The highest BCUT2D eigenvalue weighted by Crippen LogP contribution is 2.03. The van der Waals surface area contributed by atoms with Gasteiger partial charge in [-0.15, -0.1) is 0 Å². The Bertz CT molecular complexity index is 91.6. The maximum atomic E-state index is 9.24. The van der Waals surface area contributed by atoms with E-state index in [9.17, 15) is 5.11 Å². The van der Waals surface area contributed by atoms with Crippen molar-refractivity contribution in [3.05, 3.63) is 0 Å². The van der Waals surface area contributed by atoms with Crippen molar-refractivity contribution in [1.82, 2.24) is 0 Å². The largest absolute Gasteiger partial charge is 0.345 e. The SMILES string of the molecule is CC(O)[N+](C)(C)CCCN. The van der Waals surface area contributed by atoms with E-state index in [0.717, 1.165) is 13.0 Å². The van der Waals surface area contributed by atoms with Gasteiger partial charge in [-0.2, -0.15) is 0 Å². The van der Waals surface area contributed by atoms with Gasteiger partial charge in [0.15, 0.2) is 6.23 Å². The molecule has 0 rings (SSSR count). The first-order valence-corrected chi connectivity index (χ1v) is 3.71. The van der Waals surface area contributed by atoms with Crippen LogP contribution in [0.5, 0.6) is 0 Å². The number of aliphatic hydroxyl groups excluding tert-OH is 1. The number of aliphatic hydroxyl groups is 1. The summed E-state index contributed by atoms with van der Waals surface area (Å²) in [7, 11) is 4.00. The zero-order chi connectivity index (χ0) is 8.20. The molecule has 0 aromatic heterocycles. The van der Waals surface area contributed by atoms with Crippen LogP contribution in [0.3, 0.4) is 0 Å². The first kappa shape index (κ1) is 9.88. The van der Waals surface area contributed by atoms with Crippen molar-refractivity contribution >= 4 is 0 Å². The highest BCUT2D eigenvalue weighted by Gasteiger charge is 2.19. The Morgan fingerprint density at radius 1 is 1.50 bits per heavy atom. The molecular formula is C7H19N2O+. The molecule has 0 bridgehead atoms. The fourth-order valence-corrected chi connectivity index (χ4v) is 0.686. The van der Waals surface area contributed by atoms with Gasteiger partial charge in [-0.3, -0.25) is 0 Å². The summed E-state index contributed by atoms with van der Waals surface area (Å²) < 4.78 is 0.636. The van der Waals surface area contributed by atoms with Crippen LogP contribution in [-0.4, -0.2) is 43.0 Å². The molecule has 1 atom stereocenters. The van der Waals surface area contributed by atoms with Crippen molar-refractivity contribution in [3.63, 3.8) is 0 Å². The maximum Gasteiger partial charge on any atom is 0.187 e. The monoisotopic (exact) mass is 147 g/mol. The quantitative estimate of drug-likeness (QED) is 0.425. The molecular weight excluding hydrogens is 128 g/mol. The lowest BCUT2D eigenvalue weighted by Gasteiger charge is -2.32. The molecule has 3 nitrogen and oxygen atoms in total. The summed E-state index contributed by atoms with van der Waals surface area (Å²) in [5.74, 6) is 0. The normalized spacial score (nSPS) is 15.3. The summed E-state index contributed by atoms with van der Waals surface area (Å²) in [4.78, 5) is 0. The average molecular weight is 147 g/mol. The van der Waals surface area contributed by atoms with Crippen LogP contribution in [0.15, 0.2) is 0 Å². The second-order valence-corrected chi connectivity index (χ2v) is 3.28. The molecule has 0 aliphatic rings. The van der Waals surface area contributed by atoms with Crippen molar-refractivity contribution in [2.24, 2.45) is 5.73 Å². The Morgan fingerprint density at radius 2 is 2.00 bits per heavy atom. The van der Waals surface area contributed by atoms with E-state index in [1.54, 1.807) is 6.92 Å². The van der Waals surface area contributed by atoms with E-state index in [0.29, 0.717) is 11.0 Å². The number of rotatable bonds is 4. The predicted octanol–water partition coefficient (Wildman–Crippen LogP) is -0.250. The van der Waals surface area contributed by atoms with Crippen LogP contribution < -0.4 is 5.73 Å². The van der Waals surface area contributed by atoms with E-state index >= 15 is 0 Å². The standard InChI is InChI=1S/C7H19N2O/c1-7(10)9(2,3)6-4-5-8/h7,10H,4-6,8H2,1-3H3/q+1. The molecule has 0 spiro atoms. The van der Waals surface area contributed by atoms with Crippen LogP contribution >= 0.6 is 0 Å². The molecule has 0 heterocycles. The molecule has 1 unspecified atom stereocenters. The van der Waals surface area contributed by atoms with E-state index in [4.69, 9.17) is 5.73 Å². The number of nitrogens with two attached hydrogens (primary N) is 1. The van der Waals surface area contributed by atoms with Gasteiger partial charge < -0.3 is 15.3 Å². The third-order valence-corrected chi connectivity index (χ3v) is 1.95. The van der Waals surface area contributed by atoms with Crippen LogP contribution in [0.4, 0.5) is 0 Å². The van der Waals surface area contributed by atoms with Gasteiger partial charge in [0.2, 0.25) is 0 Å². The van der Waals surface area contributed by atoms with Crippen LogP contribution in [-0.2, 0) is 0 Å². The molecule has 0 aromatic carbocycles. The van der Waals surface area contributed by atoms with Crippen molar-refractivity contribution in [2.45, 2.75) is 19.6 Å². The minimum absolute atomic E-state index is 0.299. The molecule has 0 radical (unpaired) electrons. The van der Waals surface area contributed by atoms with Gasteiger partial charge in [0, 0.05) is 13.3 Å². The first-order valence-electron chi connectivity index (χ1n) is 3.71. The number of hydrogen-bond acceptors (Lipinski definition) is 2. The molecule has 0 saturated heterocycles. The van der Waals surface area contributed by atoms with Crippen molar-refractivity contribution in [3.8, 4) is 0 Å². The van der Waals surface area contributed by atoms with Crippen LogP contribution in [0.2, 0.25) is 0 Å². The fourth-order valence-electron chi connectivity index (χ4n) is 0.686. The zero-order valence-electron chi connectivity index (χ0n) is 7.17. The second kappa shape index (κ2) is 3.91. The van der Waals surface area contributed by atoms with Crippen molar-refractivity contribution < 1.29 is 9.59 Å². The third-order valence-electron chi connectivity index (χ3n) is 1.95. The third kappa shape index (κ3) is 3.15. The Kier molecular flexibility index (Phi) is 3.86. The smallest absolute Gasteiger partial charge is 0.187 e. The molecule has 62 valence electrons. The number of quaternary nitrogens is 1. The molecule has 0 fully saturated rings. The predicted molar refractivity (Wildman–Crippen MR) is 42.3 cm³/mol. The Labute approximate surface area is 63.0 Å². The highest BCUT2D eigenvalue weighted by atomic mass is 16.3. The lowest BCUT2D eigenvalue weighted by Crippen LogP contribution is -2.48. The van der Waals surface area contributed by atoms with E-state index in [2.05, 4.69) is 0 Å². The van der Waals surface area contributed by atoms with Gasteiger partial charge in [0.1, 0.15) is 0 Å². The summed E-state index contributed by atoms with van der Waals surface area (Å²) in [5.41, 5.74) is 5.34. The Balaban J connectivity index is 3.63. The van der Waals surface area contributed by atoms with Gasteiger partial charge in [-0.1, -0.05) is 0 Å². The van der Waals surface area contributed by atoms with E-state index < -0.39 is 0 Å². The average Bonchev–Trinajstić information content (AvgIpc) is 1.84. The maximum absolute atomic E-state index is 9.24. The topological polar surface area (TPSA) is 46.2 Å². The van der Waals surface area contributed by atoms with E-state index in [-0.39, 0.29) is 6.23 Å². The molecule has 3 heteroatoms. The molecule has 0 saturated carbocycles. The lowest BCUT2D eigenvalue weighted by molar-refractivity contribution is -0.934. The lowest BCUT2D eigenvalue weighted by atomic mass is 10.3. The summed E-state index contributed by atoms with van der Waals surface area (Å²) in [6, 6.07) is 0. The fraction of sp³-hybridized carbons (Fsp3) is 1.00. The molecule has 0 aliphatic heterocycles. The van der Waals surface area contributed by atoms with Gasteiger partial charge >= 0.3 is 0 Å². The molecule has 3 N–H and O–H groups in total. The summed E-state index contributed by atoms with van der Waals surface area (Å²) in [6.45, 7) is 3.44. The number of hydrogen-bond donors (Lipinski definition) is 2. The summed E-state index contributed by atoms with van der Waals surface area (Å²) in [5, 5.41) is 9.24. The molecule has 10 heavy (non-hydrogen) atoms. The van der Waals surface area contributed by atoms with Crippen LogP contribution in [0.1, 0.15) is 13.3 Å². The first-order chi connectivity index (χ1) is 4.50. The molecule has 0 amide bonds. The van der Waals surface area contributed by atoms with Gasteiger partial charge in [0.25, 0.3) is 0 Å². The summed E-state index contributed by atoms with van der Waals surface area (Å²) >= 11 is 0. The van der Waals surface area contributed by atoms with E-state index in [1.165, 1.54) is 0 Å². The molecule has 0 aliphatic carbocycles. The Morgan fingerprint density at radius 3 is 2.30 bits per heavy atom. The molecule has 0 aromatic rings. The van der Waals surface area contributed by atoms with Crippen molar-refractivity contribution in [1.29, 1.82) is 0 Å². The van der Waals surface area contributed by atoms with Crippen LogP contribution in [0, 0.1) is 0 Å². The van der Waals surface area contributed by atoms with Gasteiger partial charge in [-0.05, 0) is 6.54 Å².